The molecule has 0 saturated carbocycles. The maximum absolute atomic E-state index is 11.6. The Morgan fingerprint density at radius 2 is 1.41 bits per heavy atom. The van der Waals surface area contributed by atoms with Crippen molar-refractivity contribution in [2.45, 2.75) is 109 Å². The van der Waals surface area contributed by atoms with Crippen LogP contribution in [-0.4, -0.2) is 39.7 Å². The molecule has 6 nitrogen and oxygen atoms in total. The molecule has 0 aromatic carbocycles. The summed E-state index contributed by atoms with van der Waals surface area (Å²) >= 11 is 0. The molecule has 7 heteroatoms. The number of hydrogen-bond donors (Lipinski definition) is 3. The molecule has 0 spiro atoms. The lowest BCUT2D eigenvalue weighted by Gasteiger charge is -2.11. The highest BCUT2D eigenvalue weighted by molar-refractivity contribution is 7.51. The van der Waals surface area contributed by atoms with E-state index in [1.807, 2.05) is 0 Å². The van der Waals surface area contributed by atoms with Crippen molar-refractivity contribution in [3.63, 3.8) is 0 Å². The molecule has 0 unspecified atom stereocenters. The van der Waals surface area contributed by atoms with Crippen LogP contribution in [0.1, 0.15) is 103 Å². The number of allylic oxidation sites excluding steroid dienone is 2. The van der Waals surface area contributed by atoms with Crippen LogP contribution in [0, 0.1) is 0 Å². The van der Waals surface area contributed by atoms with Gasteiger partial charge in [0, 0.05) is 6.42 Å². The zero-order chi connectivity index (χ0) is 21.8. The number of ether oxygens (including phenoxy) is 1. The van der Waals surface area contributed by atoms with Gasteiger partial charge >= 0.3 is 13.6 Å². The maximum atomic E-state index is 11.6. The summed E-state index contributed by atoms with van der Waals surface area (Å²) in [5.74, 6) is -0.363. The molecule has 0 radical (unpaired) electrons. The molecule has 0 bridgehead atoms. The second-order valence-corrected chi connectivity index (χ2v) is 9.62. The fraction of sp³-hybridized carbons (Fsp3) is 0.864. The summed E-state index contributed by atoms with van der Waals surface area (Å²) in [7, 11) is -4.12. The van der Waals surface area contributed by atoms with Crippen LogP contribution in [0.4, 0.5) is 0 Å². The van der Waals surface area contributed by atoms with Crippen molar-refractivity contribution in [3.05, 3.63) is 12.2 Å². The zero-order valence-electron chi connectivity index (χ0n) is 18.3. The highest BCUT2D eigenvalue weighted by Crippen LogP contribution is 2.35. The van der Waals surface area contributed by atoms with Crippen molar-refractivity contribution in [1.29, 1.82) is 0 Å². The molecule has 0 heterocycles. The Hall–Kier alpha value is -0.680. The fourth-order valence-electron chi connectivity index (χ4n) is 3.00. The molecule has 3 N–H and O–H groups in total. The van der Waals surface area contributed by atoms with Gasteiger partial charge in [0.2, 0.25) is 0 Å². The van der Waals surface area contributed by atoms with Crippen LogP contribution >= 0.6 is 7.60 Å². The van der Waals surface area contributed by atoms with Crippen molar-refractivity contribution in [2.24, 2.45) is 0 Å². The predicted octanol–water partition coefficient (Wildman–Crippen LogP) is 5.50. The average molecular weight is 435 g/mol. The third-order valence-corrected chi connectivity index (χ3v) is 5.67. The Morgan fingerprint density at radius 3 is 1.97 bits per heavy atom. The average Bonchev–Trinajstić information content (AvgIpc) is 2.67. The molecule has 1 atom stereocenters. The molecular formula is C22H43O6P. The van der Waals surface area contributed by atoms with Crippen LogP contribution in [-0.2, 0) is 14.1 Å². The highest BCUT2D eigenvalue weighted by atomic mass is 31.2. The van der Waals surface area contributed by atoms with Crippen LogP contribution in [0.3, 0.4) is 0 Å². The normalized spacial score (nSPS) is 13.1. The van der Waals surface area contributed by atoms with E-state index in [-0.39, 0.29) is 19.0 Å². The Bertz CT molecular complexity index is 460. The summed E-state index contributed by atoms with van der Waals surface area (Å²) < 4.78 is 15.7. The van der Waals surface area contributed by atoms with Crippen LogP contribution < -0.4 is 0 Å². The van der Waals surface area contributed by atoms with E-state index in [0.717, 1.165) is 32.1 Å². The van der Waals surface area contributed by atoms with E-state index < -0.39 is 19.9 Å². The first-order valence-electron chi connectivity index (χ1n) is 11.4. The maximum Gasteiger partial charge on any atom is 0.325 e. The smallest absolute Gasteiger partial charge is 0.325 e. The second kappa shape index (κ2) is 19.3. The Kier molecular flexibility index (Phi) is 18.8. The van der Waals surface area contributed by atoms with E-state index in [1.54, 1.807) is 0 Å². The standard InChI is InChI=1S/C22H43O6P/c1-2-3-4-5-6-7-8-9-10-11-12-13-14-15-16-17-22(24)28-20-21(23)18-19-29(25,26)27/h9-10,21,23H,2-8,11-20H2,1H3,(H2,25,26,27)/b10-9-/t21-/m0/s1. The third kappa shape index (κ3) is 23.5. The first-order valence-corrected chi connectivity index (χ1v) is 13.2. The molecule has 0 aliphatic heterocycles. The van der Waals surface area contributed by atoms with Crippen molar-refractivity contribution >= 4 is 13.6 Å². The van der Waals surface area contributed by atoms with Gasteiger partial charge in [0.25, 0.3) is 0 Å². The molecule has 0 aliphatic carbocycles. The monoisotopic (exact) mass is 434 g/mol. The van der Waals surface area contributed by atoms with Crippen LogP contribution in [0.5, 0.6) is 0 Å². The lowest BCUT2D eigenvalue weighted by Crippen LogP contribution is -2.19. The molecule has 0 aliphatic rings. The predicted molar refractivity (Wildman–Crippen MR) is 118 cm³/mol. The van der Waals surface area contributed by atoms with Crippen molar-refractivity contribution in [1.82, 2.24) is 0 Å². The molecule has 0 aromatic rings. The lowest BCUT2D eigenvalue weighted by molar-refractivity contribution is -0.146. The van der Waals surface area contributed by atoms with Crippen molar-refractivity contribution in [3.8, 4) is 0 Å². The minimum atomic E-state index is -4.12. The molecule has 0 aromatic heterocycles. The number of carbonyl (C=O) groups excluding carboxylic acids is 1. The Balaban J connectivity index is 3.38. The summed E-state index contributed by atoms with van der Waals surface area (Å²) in [6, 6.07) is 0. The van der Waals surface area contributed by atoms with Gasteiger partial charge in [-0.2, -0.15) is 0 Å². The first-order chi connectivity index (χ1) is 13.8. The summed E-state index contributed by atoms with van der Waals surface area (Å²) in [6.07, 6.45) is 19.0. The topological polar surface area (TPSA) is 104 Å². The zero-order valence-corrected chi connectivity index (χ0v) is 19.2. The summed E-state index contributed by atoms with van der Waals surface area (Å²) in [5, 5.41) is 9.54. The van der Waals surface area contributed by atoms with Gasteiger partial charge in [-0.15, -0.1) is 0 Å². The van der Waals surface area contributed by atoms with E-state index in [2.05, 4.69) is 19.1 Å². The number of aliphatic hydroxyl groups excluding tert-OH is 1. The largest absolute Gasteiger partial charge is 0.463 e. The highest BCUT2D eigenvalue weighted by Gasteiger charge is 2.17. The number of unbranched alkanes of at least 4 members (excludes halogenated alkanes) is 11. The number of hydrogen-bond acceptors (Lipinski definition) is 4. The van der Waals surface area contributed by atoms with Gasteiger partial charge in [-0.05, 0) is 38.5 Å². The third-order valence-electron chi connectivity index (χ3n) is 4.83. The SMILES string of the molecule is CCCCCCCC/C=C\CCCCCCCC(=O)OC[C@@H](O)CCP(=O)(O)O. The minimum absolute atomic E-state index is 0.0784. The lowest BCUT2D eigenvalue weighted by atomic mass is 10.1. The summed E-state index contributed by atoms with van der Waals surface area (Å²) in [6.45, 7) is 2.04. The van der Waals surface area contributed by atoms with E-state index in [0.29, 0.717) is 6.42 Å². The number of aliphatic hydroxyl groups is 1. The van der Waals surface area contributed by atoms with Gasteiger partial charge in [-0.25, -0.2) is 0 Å². The molecule has 0 saturated heterocycles. The summed E-state index contributed by atoms with van der Waals surface area (Å²) in [5.41, 5.74) is 0. The van der Waals surface area contributed by atoms with E-state index in [1.165, 1.54) is 51.4 Å². The number of rotatable bonds is 20. The van der Waals surface area contributed by atoms with Gasteiger partial charge in [0.1, 0.15) is 6.61 Å². The first kappa shape index (κ1) is 28.3. The van der Waals surface area contributed by atoms with Gasteiger partial charge in [-0.1, -0.05) is 70.4 Å². The van der Waals surface area contributed by atoms with Crippen LogP contribution in [0.2, 0.25) is 0 Å². The van der Waals surface area contributed by atoms with Crippen molar-refractivity contribution in [2.75, 3.05) is 12.8 Å². The van der Waals surface area contributed by atoms with E-state index >= 15 is 0 Å². The second-order valence-electron chi connectivity index (χ2n) is 7.85. The van der Waals surface area contributed by atoms with Crippen molar-refractivity contribution < 1.29 is 29.0 Å². The fourth-order valence-corrected chi connectivity index (χ4v) is 3.64. The van der Waals surface area contributed by atoms with Gasteiger partial charge in [0.05, 0.1) is 12.3 Å². The summed E-state index contributed by atoms with van der Waals surface area (Å²) in [4.78, 5) is 29.1. The molecule has 0 fully saturated rings. The number of carbonyl (C=O) groups is 1. The molecule has 0 amide bonds. The van der Waals surface area contributed by atoms with Gasteiger partial charge in [0.15, 0.2) is 0 Å². The molecular weight excluding hydrogens is 391 g/mol. The van der Waals surface area contributed by atoms with E-state index in [9.17, 15) is 14.5 Å². The Morgan fingerprint density at radius 1 is 0.897 bits per heavy atom. The van der Waals surface area contributed by atoms with Crippen LogP contribution in [0.15, 0.2) is 12.2 Å². The molecule has 0 rings (SSSR count). The molecule has 172 valence electrons. The van der Waals surface area contributed by atoms with Crippen LogP contribution in [0.25, 0.3) is 0 Å². The quantitative estimate of drug-likeness (QED) is 0.101. The minimum Gasteiger partial charge on any atom is -0.463 e. The van der Waals surface area contributed by atoms with E-state index in [4.69, 9.17) is 14.5 Å². The van der Waals surface area contributed by atoms with Gasteiger partial charge in [-0.3, -0.25) is 9.36 Å². The van der Waals surface area contributed by atoms with Gasteiger partial charge < -0.3 is 19.6 Å². The number of esters is 1. The Labute approximate surface area is 177 Å². The molecule has 29 heavy (non-hydrogen) atoms.